The van der Waals surface area contributed by atoms with Gasteiger partial charge < -0.3 is 10.6 Å². The van der Waals surface area contributed by atoms with Gasteiger partial charge in [-0.3, -0.25) is 9.36 Å². The number of benzene rings is 2. The molecule has 0 aliphatic rings. The Morgan fingerprint density at radius 3 is 1.94 bits per heavy atom. The van der Waals surface area contributed by atoms with E-state index in [9.17, 15) is 0 Å². The van der Waals surface area contributed by atoms with Gasteiger partial charge in [0.2, 0.25) is 0 Å². The first kappa shape index (κ1) is 22.9. The highest BCUT2D eigenvalue weighted by Gasteiger charge is 2.09. The van der Waals surface area contributed by atoms with Crippen LogP contribution in [0.3, 0.4) is 0 Å². The number of thiocarbonyl (C=S) groups is 1. The molecule has 0 aliphatic carbocycles. The Labute approximate surface area is 210 Å². The van der Waals surface area contributed by atoms with Gasteiger partial charge in [0.25, 0.3) is 0 Å². The molecular weight excluding hydrogens is 510 g/mol. The van der Waals surface area contributed by atoms with E-state index in [0.717, 1.165) is 11.1 Å². The third-order valence-electron chi connectivity index (χ3n) is 4.47. The first-order chi connectivity index (χ1) is 15.4. The summed E-state index contributed by atoms with van der Waals surface area (Å²) in [5.41, 5.74) is 1.79. The van der Waals surface area contributed by atoms with Crippen LogP contribution in [0.5, 0.6) is 0 Å². The molecule has 0 fully saturated rings. The topological polar surface area (TPSA) is 59.7 Å². The molecule has 2 heterocycles. The average Bonchev–Trinajstić information content (AvgIpc) is 3.37. The summed E-state index contributed by atoms with van der Waals surface area (Å²) in [7, 11) is 0. The maximum atomic E-state index is 6.24. The highest BCUT2D eigenvalue weighted by atomic mass is 35.5. The van der Waals surface area contributed by atoms with Crippen molar-refractivity contribution < 1.29 is 0 Å². The fourth-order valence-corrected chi connectivity index (χ4v) is 4.01. The van der Waals surface area contributed by atoms with E-state index in [1.54, 1.807) is 33.6 Å². The molecule has 0 saturated carbocycles. The van der Waals surface area contributed by atoms with E-state index in [0.29, 0.717) is 49.9 Å². The average molecular weight is 526 g/mol. The van der Waals surface area contributed by atoms with E-state index in [4.69, 9.17) is 58.6 Å². The molecule has 0 radical (unpaired) electrons. The van der Waals surface area contributed by atoms with Crippen LogP contribution in [0.2, 0.25) is 20.1 Å². The molecule has 0 spiro atoms. The molecule has 164 valence electrons. The predicted molar refractivity (Wildman–Crippen MR) is 135 cm³/mol. The molecule has 0 unspecified atom stereocenters. The van der Waals surface area contributed by atoms with Gasteiger partial charge in [-0.05, 0) is 42.0 Å². The largest absolute Gasteiger partial charge is 0.316 e. The lowest BCUT2D eigenvalue weighted by atomic mass is 10.2. The second-order valence-electron chi connectivity index (χ2n) is 6.82. The number of nitrogens with one attached hydrogen (secondary N) is 2. The van der Waals surface area contributed by atoms with E-state index in [1.807, 2.05) is 36.7 Å². The summed E-state index contributed by atoms with van der Waals surface area (Å²) in [5, 5.41) is 17.6. The molecular formula is C21H16Cl4N6S. The molecule has 2 N–H and O–H groups in total. The zero-order valence-electron chi connectivity index (χ0n) is 16.4. The van der Waals surface area contributed by atoms with Gasteiger partial charge in [0.1, 0.15) is 0 Å². The Bertz CT molecular complexity index is 1250. The smallest absolute Gasteiger partial charge is 0.177 e. The second kappa shape index (κ2) is 10.1. The van der Waals surface area contributed by atoms with Crippen LogP contribution in [0.15, 0.2) is 60.9 Å². The monoisotopic (exact) mass is 524 g/mol. The van der Waals surface area contributed by atoms with Crippen molar-refractivity contribution >= 4 is 75.4 Å². The Morgan fingerprint density at radius 2 is 1.34 bits per heavy atom. The van der Waals surface area contributed by atoms with Crippen molar-refractivity contribution in [1.82, 2.24) is 19.6 Å². The standard InChI is InChI=1S/C21H16Cl4N6S/c22-15-2-1-3-16(23)14(15)12-31-9-7-20(29-31)27-21(32)26-19-6-8-30(28-19)11-13-4-5-17(24)18(25)10-13/h1-10H,11-12H2,(H2,26,27,28,29,32). The SMILES string of the molecule is S=C(Nc1ccn(Cc2ccc(Cl)c(Cl)c2)n1)Nc1ccn(Cc2c(Cl)cccc2Cl)n1. The summed E-state index contributed by atoms with van der Waals surface area (Å²) in [4.78, 5) is 0. The number of rotatable bonds is 6. The highest BCUT2D eigenvalue weighted by molar-refractivity contribution is 7.80. The lowest BCUT2D eigenvalue weighted by molar-refractivity contribution is 0.689. The van der Waals surface area contributed by atoms with Crippen molar-refractivity contribution in [2.75, 3.05) is 10.6 Å². The van der Waals surface area contributed by atoms with Crippen molar-refractivity contribution in [2.24, 2.45) is 0 Å². The maximum Gasteiger partial charge on any atom is 0.177 e. The molecule has 0 atom stereocenters. The zero-order chi connectivity index (χ0) is 22.7. The summed E-state index contributed by atoms with van der Waals surface area (Å²) in [6, 6.07) is 14.5. The number of hydrogen-bond acceptors (Lipinski definition) is 3. The van der Waals surface area contributed by atoms with Gasteiger partial charge in [-0.15, -0.1) is 0 Å². The van der Waals surface area contributed by atoms with Crippen molar-refractivity contribution in [3.8, 4) is 0 Å². The second-order valence-corrected chi connectivity index (χ2v) is 8.86. The van der Waals surface area contributed by atoms with Crippen molar-refractivity contribution in [3.05, 3.63) is 92.1 Å². The molecule has 0 amide bonds. The van der Waals surface area contributed by atoms with Crippen LogP contribution in [0.1, 0.15) is 11.1 Å². The molecule has 0 bridgehead atoms. The molecule has 6 nitrogen and oxygen atoms in total. The number of hydrogen-bond donors (Lipinski definition) is 2. The van der Waals surface area contributed by atoms with Gasteiger partial charge >= 0.3 is 0 Å². The minimum atomic E-state index is 0.366. The molecule has 2 aromatic heterocycles. The quantitative estimate of drug-likeness (QED) is 0.278. The Hall–Kier alpha value is -2.29. The molecule has 4 aromatic rings. The van der Waals surface area contributed by atoms with Gasteiger partial charge in [0.15, 0.2) is 16.7 Å². The predicted octanol–water partition coefficient (Wildman–Crippen LogP) is 6.60. The van der Waals surface area contributed by atoms with E-state index >= 15 is 0 Å². The third kappa shape index (κ3) is 5.74. The molecule has 2 aromatic carbocycles. The highest BCUT2D eigenvalue weighted by Crippen LogP contribution is 2.25. The Kier molecular flexibility index (Phi) is 7.23. The van der Waals surface area contributed by atoms with Crippen molar-refractivity contribution in [1.29, 1.82) is 0 Å². The summed E-state index contributed by atoms with van der Waals surface area (Å²) < 4.78 is 3.50. The van der Waals surface area contributed by atoms with E-state index < -0.39 is 0 Å². The fourth-order valence-electron chi connectivity index (χ4n) is 2.97. The van der Waals surface area contributed by atoms with Crippen LogP contribution in [0.4, 0.5) is 11.6 Å². The van der Waals surface area contributed by atoms with Gasteiger partial charge in [0, 0.05) is 40.1 Å². The zero-order valence-corrected chi connectivity index (χ0v) is 20.2. The van der Waals surface area contributed by atoms with Crippen LogP contribution >= 0.6 is 58.6 Å². The number of halogens is 4. The van der Waals surface area contributed by atoms with E-state index in [2.05, 4.69) is 20.8 Å². The Balaban J connectivity index is 1.34. The summed E-state index contributed by atoms with van der Waals surface area (Å²) in [5.74, 6) is 1.19. The van der Waals surface area contributed by atoms with Crippen LogP contribution in [0.25, 0.3) is 0 Å². The molecule has 0 aliphatic heterocycles. The van der Waals surface area contributed by atoms with Gasteiger partial charge in [-0.2, -0.15) is 10.2 Å². The molecule has 0 saturated heterocycles. The maximum absolute atomic E-state index is 6.24. The van der Waals surface area contributed by atoms with Crippen molar-refractivity contribution in [2.45, 2.75) is 13.1 Å². The lowest BCUT2D eigenvalue weighted by Crippen LogP contribution is -2.20. The summed E-state index contributed by atoms with van der Waals surface area (Å²) in [6.07, 6.45) is 3.66. The minimum Gasteiger partial charge on any atom is -0.316 e. The van der Waals surface area contributed by atoms with Crippen LogP contribution in [0, 0.1) is 0 Å². The third-order valence-corrected chi connectivity index (χ3v) is 6.13. The first-order valence-electron chi connectivity index (χ1n) is 9.39. The summed E-state index contributed by atoms with van der Waals surface area (Å²) >= 11 is 29.9. The Morgan fingerprint density at radius 1 is 0.750 bits per heavy atom. The van der Waals surface area contributed by atoms with Crippen molar-refractivity contribution in [3.63, 3.8) is 0 Å². The minimum absolute atomic E-state index is 0.366. The van der Waals surface area contributed by atoms with Crippen LogP contribution < -0.4 is 10.6 Å². The van der Waals surface area contributed by atoms with Gasteiger partial charge in [-0.1, -0.05) is 58.5 Å². The fraction of sp³-hybridized carbons (Fsp3) is 0.0952. The number of nitrogens with zero attached hydrogens (tertiary/aromatic N) is 4. The molecule has 4 rings (SSSR count). The van der Waals surface area contributed by atoms with Crippen LogP contribution in [-0.4, -0.2) is 24.7 Å². The molecule has 32 heavy (non-hydrogen) atoms. The van der Waals surface area contributed by atoms with Gasteiger partial charge in [0.05, 0.1) is 23.1 Å². The summed E-state index contributed by atoms with van der Waals surface area (Å²) in [6.45, 7) is 0.993. The van der Waals surface area contributed by atoms with Gasteiger partial charge in [-0.25, -0.2) is 0 Å². The van der Waals surface area contributed by atoms with Crippen LogP contribution in [-0.2, 0) is 13.1 Å². The van der Waals surface area contributed by atoms with E-state index in [-0.39, 0.29) is 0 Å². The number of aromatic nitrogens is 4. The normalized spacial score (nSPS) is 10.9. The lowest BCUT2D eigenvalue weighted by Gasteiger charge is -2.08. The first-order valence-corrected chi connectivity index (χ1v) is 11.3. The number of anilines is 2. The van der Waals surface area contributed by atoms with E-state index in [1.165, 1.54) is 0 Å². The molecule has 11 heteroatoms.